The van der Waals surface area contributed by atoms with E-state index in [1.54, 1.807) is 16.8 Å². The van der Waals surface area contributed by atoms with Crippen molar-refractivity contribution in [2.75, 3.05) is 5.32 Å². The monoisotopic (exact) mass is 371 g/mol. The Morgan fingerprint density at radius 3 is 3.12 bits per heavy atom. The van der Waals surface area contributed by atoms with Crippen molar-refractivity contribution in [3.05, 3.63) is 51.7 Å². The van der Waals surface area contributed by atoms with E-state index in [-0.39, 0.29) is 23.4 Å². The number of ketones is 1. The van der Waals surface area contributed by atoms with Crippen LogP contribution in [0.1, 0.15) is 31.4 Å². The second kappa shape index (κ2) is 6.56. The Labute approximate surface area is 153 Å². The van der Waals surface area contributed by atoms with Gasteiger partial charge in [0.2, 0.25) is 11.1 Å². The number of aromatic nitrogens is 3. The topological polar surface area (TPSA) is 103 Å². The van der Waals surface area contributed by atoms with Crippen molar-refractivity contribution in [1.82, 2.24) is 14.8 Å². The maximum absolute atomic E-state index is 12.3. The predicted octanol–water partition coefficient (Wildman–Crippen LogP) is 3.33. The van der Waals surface area contributed by atoms with E-state index in [0.29, 0.717) is 23.3 Å². The molecule has 4 rings (SSSR count). The number of rotatable bonds is 4. The molecule has 2 heterocycles. The first-order valence-corrected chi connectivity index (χ1v) is 9.34. The van der Waals surface area contributed by atoms with Gasteiger partial charge in [0.1, 0.15) is 5.78 Å². The molecule has 1 aliphatic carbocycles. The minimum absolute atomic E-state index is 0.0741. The third kappa shape index (κ3) is 2.98. The lowest BCUT2D eigenvalue weighted by Crippen LogP contribution is -2.36. The van der Waals surface area contributed by atoms with Crippen molar-refractivity contribution in [2.24, 2.45) is 5.92 Å². The highest BCUT2D eigenvalue weighted by Gasteiger charge is 2.38. The second-order valence-electron chi connectivity index (χ2n) is 6.39. The highest BCUT2D eigenvalue weighted by molar-refractivity contribution is 7.98. The van der Waals surface area contributed by atoms with Crippen molar-refractivity contribution in [3.8, 4) is 0 Å². The van der Waals surface area contributed by atoms with E-state index in [9.17, 15) is 14.9 Å². The van der Waals surface area contributed by atoms with Gasteiger partial charge in [-0.2, -0.15) is 4.98 Å². The number of thioether (sulfide) groups is 1. The van der Waals surface area contributed by atoms with Crippen LogP contribution >= 0.6 is 11.8 Å². The Morgan fingerprint density at radius 1 is 1.46 bits per heavy atom. The number of nitrogens with one attached hydrogen (secondary N) is 1. The Hall–Kier alpha value is -2.68. The van der Waals surface area contributed by atoms with E-state index in [1.165, 1.54) is 17.8 Å². The number of benzene rings is 1. The standard InChI is InChI=1S/C17H17N5O3S/c1-10-15-13(6-3-7-14(15)23)18-16-19-17(20-21(10)16)26-9-11-4-2-5-12(8-11)22(24)25/h2,4-6,8,10,15H,3,7,9H2,1H3,(H,18,19,20)/t10-,15-/m0/s1. The largest absolute Gasteiger partial charge is 0.328 e. The molecule has 0 spiro atoms. The Morgan fingerprint density at radius 2 is 2.31 bits per heavy atom. The molecule has 1 aliphatic heterocycles. The fraction of sp³-hybridized carbons (Fsp3) is 0.353. The number of hydrogen-bond donors (Lipinski definition) is 1. The Kier molecular flexibility index (Phi) is 4.23. The summed E-state index contributed by atoms with van der Waals surface area (Å²) in [5, 5.41) is 19.2. The molecular formula is C17H17N5O3S. The number of carbonyl (C=O) groups is 1. The molecule has 1 aromatic heterocycles. The van der Waals surface area contributed by atoms with Gasteiger partial charge in [-0.1, -0.05) is 30.0 Å². The third-order valence-electron chi connectivity index (χ3n) is 4.66. The first-order valence-electron chi connectivity index (χ1n) is 8.35. The number of nitrogens with zero attached hydrogens (tertiary/aromatic N) is 4. The summed E-state index contributed by atoms with van der Waals surface area (Å²) in [5.41, 5.74) is 1.83. The average molecular weight is 371 g/mol. The average Bonchev–Trinajstić information content (AvgIpc) is 3.03. The maximum atomic E-state index is 12.3. The van der Waals surface area contributed by atoms with Crippen LogP contribution in [0.2, 0.25) is 0 Å². The fourth-order valence-corrected chi connectivity index (χ4v) is 4.17. The summed E-state index contributed by atoms with van der Waals surface area (Å²) >= 11 is 1.41. The van der Waals surface area contributed by atoms with Crippen molar-refractivity contribution in [1.29, 1.82) is 0 Å². The van der Waals surface area contributed by atoms with E-state index in [2.05, 4.69) is 21.5 Å². The van der Waals surface area contributed by atoms with Crippen LogP contribution in [0.15, 0.2) is 41.2 Å². The van der Waals surface area contributed by atoms with E-state index >= 15 is 0 Å². The van der Waals surface area contributed by atoms with Gasteiger partial charge in [-0.05, 0) is 18.9 Å². The molecule has 26 heavy (non-hydrogen) atoms. The molecule has 0 radical (unpaired) electrons. The van der Waals surface area contributed by atoms with Gasteiger partial charge in [-0.3, -0.25) is 14.9 Å². The Bertz CT molecular complexity index is 923. The highest BCUT2D eigenvalue weighted by Crippen LogP contribution is 2.38. The van der Waals surface area contributed by atoms with Gasteiger partial charge in [0.05, 0.1) is 16.9 Å². The zero-order valence-electron chi connectivity index (χ0n) is 14.1. The predicted molar refractivity (Wildman–Crippen MR) is 96.8 cm³/mol. The van der Waals surface area contributed by atoms with Crippen LogP contribution in [0, 0.1) is 16.0 Å². The highest BCUT2D eigenvalue weighted by atomic mass is 32.2. The zero-order valence-corrected chi connectivity index (χ0v) is 14.9. The molecular weight excluding hydrogens is 354 g/mol. The summed E-state index contributed by atoms with van der Waals surface area (Å²) < 4.78 is 1.76. The number of non-ortho nitro benzene ring substituents is 1. The van der Waals surface area contributed by atoms with Crippen LogP contribution in [-0.2, 0) is 10.5 Å². The summed E-state index contributed by atoms with van der Waals surface area (Å²) in [4.78, 5) is 27.2. The quantitative estimate of drug-likeness (QED) is 0.499. The molecule has 0 fully saturated rings. The lowest BCUT2D eigenvalue weighted by atomic mass is 9.84. The molecule has 0 saturated heterocycles. The van der Waals surface area contributed by atoms with Crippen LogP contribution in [-0.4, -0.2) is 25.5 Å². The van der Waals surface area contributed by atoms with Gasteiger partial charge in [0, 0.05) is 30.0 Å². The molecule has 2 aromatic rings. The SMILES string of the molecule is C[C@H]1[C@@H]2C(=O)CCC=C2Nc2nc(SCc3cccc([N+](=O)[O-])c3)nn21. The normalized spacial score (nSPS) is 21.4. The number of fused-ring (bicyclic) bond motifs is 2. The molecule has 9 heteroatoms. The van der Waals surface area contributed by atoms with Gasteiger partial charge in [-0.15, -0.1) is 5.10 Å². The third-order valence-corrected chi connectivity index (χ3v) is 5.57. The van der Waals surface area contributed by atoms with Gasteiger partial charge in [0.25, 0.3) is 5.69 Å². The minimum atomic E-state index is -0.403. The molecule has 2 atom stereocenters. The molecule has 0 bridgehead atoms. The number of hydrogen-bond acceptors (Lipinski definition) is 7. The van der Waals surface area contributed by atoms with Crippen LogP contribution in [0.25, 0.3) is 0 Å². The molecule has 134 valence electrons. The summed E-state index contributed by atoms with van der Waals surface area (Å²) in [6.45, 7) is 1.98. The summed E-state index contributed by atoms with van der Waals surface area (Å²) in [6.07, 6.45) is 3.39. The van der Waals surface area contributed by atoms with E-state index in [4.69, 9.17) is 0 Å². The number of nitro benzene ring substituents is 1. The Balaban J connectivity index is 1.53. The molecule has 1 N–H and O–H groups in total. The molecule has 0 saturated carbocycles. The molecule has 0 unspecified atom stereocenters. The minimum Gasteiger partial charge on any atom is -0.328 e. The van der Waals surface area contributed by atoms with Crippen LogP contribution in [0.3, 0.4) is 0 Å². The van der Waals surface area contributed by atoms with E-state index < -0.39 is 4.92 Å². The number of Topliss-reactive ketones (excluding diaryl/α,β-unsaturated/α-hetero) is 1. The summed E-state index contributed by atoms with van der Waals surface area (Å²) in [5.74, 6) is 1.21. The summed E-state index contributed by atoms with van der Waals surface area (Å²) in [7, 11) is 0. The number of carbonyl (C=O) groups excluding carboxylic acids is 1. The van der Waals surface area contributed by atoms with Crippen LogP contribution in [0.4, 0.5) is 11.6 Å². The van der Waals surface area contributed by atoms with Gasteiger partial charge < -0.3 is 5.32 Å². The number of allylic oxidation sites excluding steroid dienone is 2. The van der Waals surface area contributed by atoms with Gasteiger partial charge in [0.15, 0.2) is 0 Å². The molecule has 0 amide bonds. The smallest absolute Gasteiger partial charge is 0.269 e. The van der Waals surface area contributed by atoms with E-state index in [0.717, 1.165) is 17.7 Å². The van der Waals surface area contributed by atoms with Crippen molar-refractivity contribution in [2.45, 2.75) is 36.7 Å². The van der Waals surface area contributed by atoms with Gasteiger partial charge >= 0.3 is 0 Å². The molecule has 8 nitrogen and oxygen atoms in total. The fourth-order valence-electron chi connectivity index (χ4n) is 3.40. The lowest BCUT2D eigenvalue weighted by Gasteiger charge is -2.33. The lowest BCUT2D eigenvalue weighted by molar-refractivity contribution is -0.384. The van der Waals surface area contributed by atoms with Crippen LogP contribution < -0.4 is 5.32 Å². The number of anilines is 1. The second-order valence-corrected chi connectivity index (χ2v) is 7.33. The summed E-state index contributed by atoms with van der Waals surface area (Å²) in [6, 6.07) is 6.47. The molecule has 1 aromatic carbocycles. The molecule has 2 aliphatic rings. The first kappa shape index (κ1) is 16.8. The van der Waals surface area contributed by atoms with Crippen molar-refractivity contribution < 1.29 is 9.72 Å². The van der Waals surface area contributed by atoms with Crippen molar-refractivity contribution >= 4 is 29.2 Å². The van der Waals surface area contributed by atoms with Gasteiger partial charge in [-0.25, -0.2) is 4.68 Å². The van der Waals surface area contributed by atoms with Crippen LogP contribution in [0.5, 0.6) is 0 Å². The van der Waals surface area contributed by atoms with E-state index in [1.807, 2.05) is 13.0 Å². The first-order chi connectivity index (χ1) is 12.5. The maximum Gasteiger partial charge on any atom is 0.269 e. The van der Waals surface area contributed by atoms with Crippen molar-refractivity contribution in [3.63, 3.8) is 0 Å². The number of nitro groups is 1. The zero-order chi connectivity index (χ0) is 18.3.